The Morgan fingerprint density at radius 1 is 1.10 bits per heavy atom. The molecule has 0 bridgehead atoms. The van der Waals surface area contributed by atoms with Crippen molar-refractivity contribution in [2.45, 2.75) is 39.7 Å². The Balaban J connectivity index is 2.32. The lowest BCUT2D eigenvalue weighted by molar-refractivity contribution is 0.132. The van der Waals surface area contributed by atoms with Crippen molar-refractivity contribution in [2.24, 2.45) is 0 Å². The summed E-state index contributed by atoms with van der Waals surface area (Å²) in [5.41, 5.74) is 1.20. The Kier molecular flexibility index (Phi) is 9.71. The van der Waals surface area contributed by atoms with Gasteiger partial charge < -0.3 is 14.8 Å². The third kappa shape index (κ3) is 7.27. The SMILES string of the molecule is CCCOCCCNCc1cc(Br)ccc1OCCC. The Hall–Kier alpha value is -0.580. The second kappa shape index (κ2) is 11.1. The third-order valence-corrected chi connectivity index (χ3v) is 3.28. The van der Waals surface area contributed by atoms with Gasteiger partial charge in [0.15, 0.2) is 0 Å². The first-order chi connectivity index (χ1) is 9.77. The molecule has 0 aliphatic rings. The van der Waals surface area contributed by atoms with Crippen LogP contribution in [0.1, 0.15) is 38.7 Å². The van der Waals surface area contributed by atoms with Crippen LogP contribution in [0.25, 0.3) is 0 Å². The molecule has 4 heteroatoms. The topological polar surface area (TPSA) is 30.5 Å². The summed E-state index contributed by atoms with van der Waals surface area (Å²) in [6, 6.07) is 6.17. The maximum atomic E-state index is 5.77. The Labute approximate surface area is 131 Å². The number of ether oxygens (including phenoxy) is 2. The second-order valence-electron chi connectivity index (χ2n) is 4.74. The second-order valence-corrected chi connectivity index (χ2v) is 5.66. The molecule has 1 rings (SSSR count). The van der Waals surface area contributed by atoms with Crippen molar-refractivity contribution in [1.82, 2.24) is 5.32 Å². The van der Waals surface area contributed by atoms with Crippen molar-refractivity contribution < 1.29 is 9.47 Å². The van der Waals surface area contributed by atoms with Crippen LogP contribution in [-0.4, -0.2) is 26.4 Å². The van der Waals surface area contributed by atoms with Gasteiger partial charge in [0.05, 0.1) is 6.61 Å². The van der Waals surface area contributed by atoms with E-state index in [1.54, 1.807) is 0 Å². The molecular weight excluding hydrogens is 318 g/mol. The molecule has 1 aromatic rings. The first-order valence-electron chi connectivity index (χ1n) is 7.47. The first-order valence-corrected chi connectivity index (χ1v) is 8.27. The fraction of sp³-hybridized carbons (Fsp3) is 0.625. The fourth-order valence-corrected chi connectivity index (χ4v) is 2.22. The summed E-state index contributed by atoms with van der Waals surface area (Å²) in [5.74, 6) is 0.977. The zero-order valence-corrected chi connectivity index (χ0v) is 14.2. The van der Waals surface area contributed by atoms with E-state index in [0.717, 1.165) is 62.4 Å². The van der Waals surface area contributed by atoms with Crippen LogP contribution in [-0.2, 0) is 11.3 Å². The van der Waals surface area contributed by atoms with Crippen LogP contribution in [0.5, 0.6) is 5.75 Å². The monoisotopic (exact) mass is 343 g/mol. The van der Waals surface area contributed by atoms with E-state index in [0.29, 0.717) is 0 Å². The molecule has 20 heavy (non-hydrogen) atoms. The summed E-state index contributed by atoms with van der Waals surface area (Å²) in [7, 11) is 0. The highest BCUT2D eigenvalue weighted by Gasteiger charge is 2.04. The van der Waals surface area contributed by atoms with Gasteiger partial charge in [-0.05, 0) is 44.0 Å². The van der Waals surface area contributed by atoms with Crippen LogP contribution in [0.15, 0.2) is 22.7 Å². The predicted molar refractivity (Wildman–Crippen MR) is 87.4 cm³/mol. The number of benzene rings is 1. The van der Waals surface area contributed by atoms with E-state index in [1.165, 1.54) is 5.56 Å². The lowest BCUT2D eigenvalue weighted by atomic mass is 10.2. The van der Waals surface area contributed by atoms with Gasteiger partial charge in [-0.15, -0.1) is 0 Å². The molecule has 0 aromatic heterocycles. The van der Waals surface area contributed by atoms with Crippen molar-refractivity contribution in [2.75, 3.05) is 26.4 Å². The number of rotatable bonds is 11. The van der Waals surface area contributed by atoms with Crippen LogP contribution < -0.4 is 10.1 Å². The van der Waals surface area contributed by atoms with Gasteiger partial charge in [-0.3, -0.25) is 0 Å². The summed E-state index contributed by atoms with van der Waals surface area (Å²) >= 11 is 3.51. The van der Waals surface area contributed by atoms with E-state index < -0.39 is 0 Å². The predicted octanol–water partition coefficient (Wildman–Crippen LogP) is 4.14. The standard InChI is InChI=1S/C16H26BrNO2/c1-3-9-19-11-5-8-18-13-14-12-15(17)6-7-16(14)20-10-4-2/h6-7,12,18H,3-5,8-11,13H2,1-2H3. The molecule has 1 N–H and O–H groups in total. The highest BCUT2D eigenvalue weighted by atomic mass is 79.9. The van der Waals surface area contributed by atoms with E-state index in [9.17, 15) is 0 Å². The molecule has 0 atom stereocenters. The lowest BCUT2D eigenvalue weighted by Gasteiger charge is -2.12. The highest BCUT2D eigenvalue weighted by Crippen LogP contribution is 2.23. The summed E-state index contributed by atoms with van der Waals surface area (Å²) in [6.07, 6.45) is 3.15. The average molecular weight is 344 g/mol. The number of nitrogens with one attached hydrogen (secondary N) is 1. The zero-order chi connectivity index (χ0) is 14.6. The molecule has 0 saturated carbocycles. The molecule has 0 amide bonds. The molecular formula is C16H26BrNO2. The van der Waals surface area contributed by atoms with Crippen molar-refractivity contribution in [3.05, 3.63) is 28.2 Å². The van der Waals surface area contributed by atoms with Gasteiger partial charge in [0, 0.05) is 29.8 Å². The third-order valence-electron chi connectivity index (χ3n) is 2.79. The summed E-state index contributed by atoms with van der Waals surface area (Å²) in [6.45, 7) is 8.49. The van der Waals surface area contributed by atoms with E-state index in [1.807, 2.05) is 12.1 Å². The highest BCUT2D eigenvalue weighted by molar-refractivity contribution is 9.10. The minimum Gasteiger partial charge on any atom is -0.493 e. The van der Waals surface area contributed by atoms with Gasteiger partial charge in [0.1, 0.15) is 5.75 Å². The van der Waals surface area contributed by atoms with Crippen molar-refractivity contribution in [1.29, 1.82) is 0 Å². The zero-order valence-electron chi connectivity index (χ0n) is 12.6. The molecule has 3 nitrogen and oxygen atoms in total. The van der Waals surface area contributed by atoms with Crippen molar-refractivity contribution in [3.8, 4) is 5.75 Å². The molecule has 0 unspecified atom stereocenters. The van der Waals surface area contributed by atoms with Crippen molar-refractivity contribution in [3.63, 3.8) is 0 Å². The summed E-state index contributed by atoms with van der Waals surface area (Å²) in [4.78, 5) is 0. The van der Waals surface area contributed by atoms with Crippen LogP contribution in [0.2, 0.25) is 0 Å². The van der Waals surface area contributed by atoms with E-state index >= 15 is 0 Å². The molecule has 114 valence electrons. The van der Waals surface area contributed by atoms with Gasteiger partial charge in [-0.2, -0.15) is 0 Å². The van der Waals surface area contributed by atoms with Crippen LogP contribution in [0.3, 0.4) is 0 Å². The molecule has 0 aliphatic heterocycles. The first kappa shape index (κ1) is 17.5. The van der Waals surface area contributed by atoms with Gasteiger partial charge in [0.25, 0.3) is 0 Å². The Morgan fingerprint density at radius 3 is 2.65 bits per heavy atom. The summed E-state index contributed by atoms with van der Waals surface area (Å²) in [5, 5.41) is 3.44. The Morgan fingerprint density at radius 2 is 1.90 bits per heavy atom. The number of hydrogen-bond donors (Lipinski definition) is 1. The maximum absolute atomic E-state index is 5.77. The normalized spacial score (nSPS) is 10.8. The molecule has 0 spiro atoms. The van der Waals surface area contributed by atoms with Crippen molar-refractivity contribution >= 4 is 15.9 Å². The molecule has 0 radical (unpaired) electrons. The van der Waals surface area contributed by atoms with Crippen LogP contribution >= 0.6 is 15.9 Å². The largest absolute Gasteiger partial charge is 0.493 e. The lowest BCUT2D eigenvalue weighted by Crippen LogP contribution is -2.17. The maximum Gasteiger partial charge on any atom is 0.123 e. The number of halogens is 1. The molecule has 0 heterocycles. The van der Waals surface area contributed by atoms with E-state index in [2.05, 4.69) is 41.2 Å². The minimum absolute atomic E-state index is 0.763. The van der Waals surface area contributed by atoms with E-state index in [-0.39, 0.29) is 0 Å². The van der Waals surface area contributed by atoms with Gasteiger partial charge in [-0.25, -0.2) is 0 Å². The number of hydrogen-bond acceptors (Lipinski definition) is 3. The smallest absolute Gasteiger partial charge is 0.123 e. The molecule has 0 saturated heterocycles. The average Bonchev–Trinajstić information content (AvgIpc) is 2.45. The summed E-state index contributed by atoms with van der Waals surface area (Å²) < 4.78 is 12.3. The molecule has 0 aliphatic carbocycles. The fourth-order valence-electron chi connectivity index (χ4n) is 1.81. The van der Waals surface area contributed by atoms with Gasteiger partial charge in [-0.1, -0.05) is 29.8 Å². The molecule has 1 aromatic carbocycles. The van der Waals surface area contributed by atoms with Gasteiger partial charge >= 0.3 is 0 Å². The van der Waals surface area contributed by atoms with Crippen LogP contribution in [0, 0.1) is 0 Å². The van der Waals surface area contributed by atoms with Gasteiger partial charge in [0.2, 0.25) is 0 Å². The molecule has 0 fully saturated rings. The quantitative estimate of drug-likeness (QED) is 0.612. The van der Waals surface area contributed by atoms with E-state index in [4.69, 9.17) is 9.47 Å². The Bertz CT molecular complexity index is 371. The van der Waals surface area contributed by atoms with Crippen LogP contribution in [0.4, 0.5) is 0 Å². The minimum atomic E-state index is 0.763.